The van der Waals surface area contributed by atoms with Crippen molar-refractivity contribution < 1.29 is 8.42 Å². The molecule has 1 saturated carbocycles. The molecule has 1 rings (SSSR count). The minimum absolute atomic E-state index is 0.185. The Hall–Kier alpha value is 0.390. The molecule has 0 aliphatic heterocycles. The van der Waals surface area contributed by atoms with Crippen LogP contribution >= 0.6 is 15.9 Å². The predicted molar refractivity (Wildman–Crippen MR) is 66.7 cm³/mol. The summed E-state index contributed by atoms with van der Waals surface area (Å²) in [4.78, 5) is 0.298. The molecule has 0 amide bonds. The summed E-state index contributed by atoms with van der Waals surface area (Å²) in [5.74, 6) is 0.854. The monoisotopic (exact) mass is 297 g/mol. The molecule has 0 aromatic rings. The maximum Gasteiger partial charge on any atom is 0.212 e. The standard InChI is InChI=1S/C10H20BrNO2S/c1-10(2,3)7-15(13,14)12-6-9(11)8-4-5-8/h8-9,12H,4-7H2,1-3H3. The van der Waals surface area contributed by atoms with Crippen LogP contribution in [0.3, 0.4) is 0 Å². The molecule has 0 aromatic heterocycles. The van der Waals surface area contributed by atoms with E-state index in [1.807, 2.05) is 20.8 Å². The third kappa shape index (κ3) is 5.88. The van der Waals surface area contributed by atoms with Gasteiger partial charge in [0.2, 0.25) is 10.0 Å². The van der Waals surface area contributed by atoms with E-state index in [1.165, 1.54) is 12.8 Å². The summed E-state index contributed by atoms with van der Waals surface area (Å²) in [5, 5.41) is 0. The smallest absolute Gasteiger partial charge is 0.212 e. The Morgan fingerprint density at radius 1 is 1.40 bits per heavy atom. The quantitative estimate of drug-likeness (QED) is 0.790. The van der Waals surface area contributed by atoms with Crippen LogP contribution in [0.4, 0.5) is 0 Å². The topological polar surface area (TPSA) is 46.2 Å². The molecule has 1 N–H and O–H groups in total. The van der Waals surface area contributed by atoms with Crippen LogP contribution in [0.25, 0.3) is 0 Å². The largest absolute Gasteiger partial charge is 0.214 e. The first-order chi connectivity index (χ1) is 6.70. The van der Waals surface area contributed by atoms with Crippen molar-refractivity contribution in [2.45, 2.75) is 38.4 Å². The molecular formula is C10H20BrNO2S. The lowest BCUT2D eigenvalue weighted by molar-refractivity contribution is 0.457. The summed E-state index contributed by atoms with van der Waals surface area (Å²) in [7, 11) is -3.12. The Labute approximate surface area is 101 Å². The van der Waals surface area contributed by atoms with Gasteiger partial charge in [-0.3, -0.25) is 0 Å². The normalized spacial score (nSPS) is 20.3. The first-order valence-corrected chi connectivity index (χ1v) is 7.88. The number of nitrogens with one attached hydrogen (secondary N) is 1. The Balaban J connectivity index is 2.35. The van der Waals surface area contributed by atoms with Crippen molar-refractivity contribution >= 4 is 26.0 Å². The van der Waals surface area contributed by atoms with Crippen LogP contribution in [0, 0.1) is 11.3 Å². The van der Waals surface area contributed by atoms with E-state index < -0.39 is 10.0 Å². The average Bonchev–Trinajstić information content (AvgIpc) is 2.77. The summed E-state index contributed by atoms with van der Waals surface area (Å²) >= 11 is 3.51. The highest BCUT2D eigenvalue weighted by molar-refractivity contribution is 9.09. The second-order valence-electron chi connectivity index (χ2n) is 5.52. The fraction of sp³-hybridized carbons (Fsp3) is 1.00. The van der Waals surface area contributed by atoms with E-state index in [0.29, 0.717) is 17.3 Å². The minimum atomic E-state index is -3.12. The summed E-state index contributed by atoms with van der Waals surface area (Å²) < 4.78 is 26.0. The Morgan fingerprint density at radius 3 is 2.33 bits per heavy atom. The molecule has 0 radical (unpaired) electrons. The zero-order valence-electron chi connectivity index (χ0n) is 9.59. The van der Waals surface area contributed by atoms with E-state index in [2.05, 4.69) is 20.7 Å². The Kier molecular flexibility index (Phi) is 4.23. The molecule has 3 nitrogen and oxygen atoms in total. The number of halogens is 1. The lowest BCUT2D eigenvalue weighted by Gasteiger charge is -2.19. The van der Waals surface area contributed by atoms with Crippen LogP contribution in [0.1, 0.15) is 33.6 Å². The Morgan fingerprint density at radius 2 is 1.93 bits per heavy atom. The maximum absolute atomic E-state index is 11.7. The molecule has 15 heavy (non-hydrogen) atoms. The first kappa shape index (κ1) is 13.5. The van der Waals surface area contributed by atoms with Gasteiger partial charge in [-0.05, 0) is 24.2 Å². The van der Waals surface area contributed by atoms with Gasteiger partial charge in [-0.2, -0.15) is 0 Å². The van der Waals surface area contributed by atoms with Crippen molar-refractivity contribution in [2.75, 3.05) is 12.3 Å². The molecule has 0 spiro atoms. The van der Waals surface area contributed by atoms with Gasteiger partial charge in [0.25, 0.3) is 0 Å². The van der Waals surface area contributed by atoms with Crippen LogP contribution in [0.5, 0.6) is 0 Å². The number of rotatable bonds is 5. The van der Waals surface area contributed by atoms with Crippen LogP contribution < -0.4 is 4.72 Å². The maximum atomic E-state index is 11.7. The van der Waals surface area contributed by atoms with E-state index in [9.17, 15) is 8.42 Å². The zero-order chi connectivity index (χ0) is 11.7. The molecule has 0 saturated heterocycles. The third-order valence-electron chi connectivity index (χ3n) is 2.25. The molecule has 5 heteroatoms. The fourth-order valence-electron chi connectivity index (χ4n) is 1.45. The summed E-state index contributed by atoms with van der Waals surface area (Å²) in [6, 6.07) is 0. The molecule has 1 unspecified atom stereocenters. The van der Waals surface area contributed by atoms with E-state index in [-0.39, 0.29) is 11.2 Å². The van der Waals surface area contributed by atoms with Gasteiger partial charge in [0.15, 0.2) is 0 Å². The molecule has 1 atom stereocenters. The van der Waals surface area contributed by atoms with Crippen molar-refractivity contribution in [3.05, 3.63) is 0 Å². The van der Waals surface area contributed by atoms with Crippen molar-refractivity contribution in [3.8, 4) is 0 Å². The average molecular weight is 298 g/mol. The summed E-state index contributed by atoms with van der Waals surface area (Å²) in [5.41, 5.74) is -0.187. The van der Waals surface area contributed by atoms with Crippen molar-refractivity contribution in [2.24, 2.45) is 11.3 Å². The van der Waals surface area contributed by atoms with Crippen LogP contribution in [0.15, 0.2) is 0 Å². The molecule has 0 heterocycles. The highest BCUT2D eigenvalue weighted by Gasteiger charge is 2.30. The van der Waals surface area contributed by atoms with E-state index in [1.54, 1.807) is 0 Å². The Bertz CT molecular complexity index is 304. The first-order valence-electron chi connectivity index (χ1n) is 5.31. The molecule has 1 aliphatic carbocycles. The predicted octanol–water partition coefficient (Wildman–Crippen LogP) is 2.13. The van der Waals surface area contributed by atoms with E-state index in [0.717, 1.165) is 0 Å². The van der Waals surface area contributed by atoms with Crippen molar-refractivity contribution in [1.29, 1.82) is 0 Å². The number of sulfonamides is 1. The zero-order valence-corrected chi connectivity index (χ0v) is 12.0. The SMILES string of the molecule is CC(C)(C)CS(=O)(=O)NCC(Br)C1CC1. The second kappa shape index (κ2) is 4.72. The van der Waals surface area contributed by atoms with Gasteiger partial charge in [0.05, 0.1) is 5.75 Å². The van der Waals surface area contributed by atoms with Gasteiger partial charge in [-0.1, -0.05) is 36.7 Å². The molecular weight excluding hydrogens is 278 g/mol. The highest BCUT2D eigenvalue weighted by atomic mass is 79.9. The van der Waals surface area contributed by atoms with Gasteiger partial charge < -0.3 is 0 Å². The third-order valence-corrected chi connectivity index (χ3v) is 5.18. The van der Waals surface area contributed by atoms with Gasteiger partial charge in [-0.15, -0.1) is 0 Å². The molecule has 1 fully saturated rings. The number of hydrogen-bond acceptors (Lipinski definition) is 2. The van der Waals surface area contributed by atoms with Gasteiger partial charge >= 0.3 is 0 Å². The fourth-order valence-corrected chi connectivity index (χ4v) is 4.03. The second-order valence-corrected chi connectivity index (χ2v) is 8.50. The van der Waals surface area contributed by atoms with Crippen LogP contribution in [-0.2, 0) is 10.0 Å². The lowest BCUT2D eigenvalue weighted by atomic mass is 10.0. The molecule has 1 aliphatic rings. The number of alkyl halides is 1. The van der Waals surface area contributed by atoms with E-state index in [4.69, 9.17) is 0 Å². The summed E-state index contributed by atoms with van der Waals surface area (Å²) in [6.07, 6.45) is 2.44. The minimum Gasteiger partial charge on any atom is -0.214 e. The number of hydrogen-bond donors (Lipinski definition) is 1. The van der Waals surface area contributed by atoms with Crippen LogP contribution in [-0.4, -0.2) is 25.5 Å². The van der Waals surface area contributed by atoms with E-state index >= 15 is 0 Å². The lowest BCUT2D eigenvalue weighted by Crippen LogP contribution is -2.36. The van der Waals surface area contributed by atoms with Gasteiger partial charge in [0, 0.05) is 11.4 Å². The summed E-state index contributed by atoms with van der Waals surface area (Å²) in [6.45, 7) is 6.30. The van der Waals surface area contributed by atoms with Crippen LogP contribution in [0.2, 0.25) is 0 Å². The van der Waals surface area contributed by atoms with Gasteiger partial charge in [0.1, 0.15) is 0 Å². The van der Waals surface area contributed by atoms with Gasteiger partial charge in [-0.25, -0.2) is 13.1 Å². The van der Waals surface area contributed by atoms with Crippen molar-refractivity contribution in [1.82, 2.24) is 4.72 Å². The molecule has 0 aromatic carbocycles. The molecule has 0 bridgehead atoms. The molecule has 90 valence electrons. The highest BCUT2D eigenvalue weighted by Crippen LogP contribution is 2.36. The van der Waals surface area contributed by atoms with Crippen molar-refractivity contribution in [3.63, 3.8) is 0 Å².